The van der Waals surface area contributed by atoms with Crippen molar-refractivity contribution in [1.82, 2.24) is 0 Å². The van der Waals surface area contributed by atoms with Crippen LogP contribution in [0.3, 0.4) is 0 Å². The number of rotatable bonds is 2. The summed E-state index contributed by atoms with van der Waals surface area (Å²) in [6, 6.07) is 0. The van der Waals surface area contributed by atoms with E-state index in [9.17, 15) is 0 Å². The maximum Gasteiger partial charge on any atom is 0.0113 e. The minimum atomic E-state index is 0.0156. The standard InChI is InChI=1S/C8H12S/c1-5-8(3,4)7(2)6-9/h5H,1H2,2-4H3. The van der Waals surface area contributed by atoms with Gasteiger partial charge in [-0.25, -0.2) is 0 Å². The zero-order chi connectivity index (χ0) is 7.49. The van der Waals surface area contributed by atoms with Gasteiger partial charge in [-0.15, -0.1) is 6.58 Å². The molecular weight excluding hydrogens is 128 g/mol. The van der Waals surface area contributed by atoms with E-state index in [0.717, 1.165) is 5.57 Å². The van der Waals surface area contributed by atoms with Gasteiger partial charge < -0.3 is 0 Å². The number of thiocarbonyl (C=S) groups is 1. The highest BCUT2D eigenvalue weighted by Gasteiger charge is 2.14. The molecule has 0 aromatic carbocycles. The maximum absolute atomic E-state index is 4.65. The lowest BCUT2D eigenvalue weighted by Gasteiger charge is -2.17. The molecule has 1 heteroatoms. The van der Waals surface area contributed by atoms with Crippen LogP contribution in [0, 0.1) is 5.41 Å². The Morgan fingerprint density at radius 3 is 2.22 bits per heavy atom. The predicted molar refractivity (Wildman–Crippen MR) is 45.8 cm³/mol. The summed E-state index contributed by atoms with van der Waals surface area (Å²) in [6.07, 6.45) is 1.88. The van der Waals surface area contributed by atoms with E-state index < -0.39 is 0 Å². The highest BCUT2D eigenvalue weighted by atomic mass is 32.1. The Kier molecular flexibility index (Phi) is 2.83. The van der Waals surface area contributed by atoms with Gasteiger partial charge in [0.15, 0.2) is 0 Å². The zero-order valence-electron chi connectivity index (χ0n) is 6.19. The predicted octanol–water partition coefficient (Wildman–Crippen LogP) is 2.74. The first-order chi connectivity index (χ1) is 4.04. The van der Waals surface area contributed by atoms with Gasteiger partial charge in [0.25, 0.3) is 0 Å². The van der Waals surface area contributed by atoms with Crippen LogP contribution in [0.2, 0.25) is 0 Å². The van der Waals surface area contributed by atoms with Gasteiger partial charge in [-0.2, -0.15) is 0 Å². The molecule has 0 aromatic heterocycles. The molecule has 0 radical (unpaired) electrons. The summed E-state index contributed by atoms with van der Waals surface area (Å²) in [5, 5.41) is 2.68. The van der Waals surface area contributed by atoms with Crippen LogP contribution in [-0.2, 0) is 0 Å². The van der Waals surface area contributed by atoms with Gasteiger partial charge >= 0.3 is 0 Å². The van der Waals surface area contributed by atoms with Crippen molar-refractivity contribution in [2.45, 2.75) is 20.8 Å². The Bertz CT molecular complexity index is 159. The van der Waals surface area contributed by atoms with Crippen LogP contribution in [0.4, 0.5) is 0 Å². The molecule has 0 saturated carbocycles. The molecular formula is C8H12S. The number of hydrogen-bond donors (Lipinski definition) is 0. The van der Waals surface area contributed by atoms with Crippen LogP contribution in [0.15, 0.2) is 18.2 Å². The van der Waals surface area contributed by atoms with Crippen molar-refractivity contribution < 1.29 is 0 Å². The average molecular weight is 140 g/mol. The second-order valence-electron chi connectivity index (χ2n) is 2.65. The van der Waals surface area contributed by atoms with E-state index in [-0.39, 0.29) is 5.41 Å². The van der Waals surface area contributed by atoms with Crippen LogP contribution < -0.4 is 0 Å². The van der Waals surface area contributed by atoms with E-state index in [4.69, 9.17) is 0 Å². The molecule has 0 unspecified atom stereocenters. The van der Waals surface area contributed by atoms with Crippen molar-refractivity contribution in [2.24, 2.45) is 5.41 Å². The topological polar surface area (TPSA) is 0 Å². The molecule has 0 rings (SSSR count). The number of allylic oxidation sites excluding steroid dienone is 2. The molecule has 0 spiro atoms. The summed E-state index contributed by atoms with van der Waals surface area (Å²) >= 11 is 4.65. The summed E-state index contributed by atoms with van der Waals surface area (Å²) < 4.78 is 0. The molecule has 0 aromatic rings. The molecule has 0 heterocycles. The zero-order valence-corrected chi connectivity index (χ0v) is 7.01. The Morgan fingerprint density at radius 1 is 1.67 bits per heavy atom. The van der Waals surface area contributed by atoms with Gasteiger partial charge in [-0.1, -0.05) is 19.9 Å². The van der Waals surface area contributed by atoms with Crippen LogP contribution in [-0.4, -0.2) is 5.02 Å². The fourth-order valence-electron chi connectivity index (χ4n) is 0.285. The third kappa shape index (κ3) is 2.13. The van der Waals surface area contributed by atoms with E-state index in [0.29, 0.717) is 0 Å². The summed E-state index contributed by atoms with van der Waals surface area (Å²) in [5.41, 5.74) is 1.08. The van der Waals surface area contributed by atoms with E-state index in [1.807, 2.05) is 13.0 Å². The van der Waals surface area contributed by atoms with Gasteiger partial charge in [-0.3, -0.25) is 0 Å². The van der Waals surface area contributed by atoms with Crippen LogP contribution >= 0.6 is 12.2 Å². The third-order valence-corrected chi connectivity index (χ3v) is 1.94. The molecule has 0 aliphatic heterocycles. The Balaban J connectivity index is 4.52. The van der Waals surface area contributed by atoms with Gasteiger partial charge in [0.05, 0.1) is 0 Å². The van der Waals surface area contributed by atoms with Crippen LogP contribution in [0.5, 0.6) is 0 Å². The Labute approximate surface area is 62.3 Å². The van der Waals surface area contributed by atoms with E-state index in [1.54, 1.807) is 0 Å². The molecule has 0 fully saturated rings. The summed E-state index contributed by atoms with van der Waals surface area (Å²) in [4.78, 5) is 0. The first-order valence-corrected chi connectivity index (χ1v) is 3.31. The second-order valence-corrected chi connectivity index (χ2v) is 2.86. The van der Waals surface area contributed by atoms with Gasteiger partial charge in [-0.05, 0) is 29.7 Å². The molecule has 0 amide bonds. The van der Waals surface area contributed by atoms with Gasteiger partial charge in [0, 0.05) is 5.41 Å². The molecule has 0 nitrogen and oxygen atoms in total. The summed E-state index contributed by atoms with van der Waals surface area (Å²) in [7, 11) is 0. The lowest BCUT2D eigenvalue weighted by molar-refractivity contribution is 0.589. The molecule has 0 N–H and O–H groups in total. The monoisotopic (exact) mass is 140 g/mol. The molecule has 0 atom stereocenters. The minimum Gasteiger partial charge on any atom is -0.102 e. The maximum atomic E-state index is 4.65. The first kappa shape index (κ1) is 8.61. The van der Waals surface area contributed by atoms with E-state index >= 15 is 0 Å². The fraction of sp³-hybridized carbons (Fsp3) is 0.500. The quantitative estimate of drug-likeness (QED) is 0.420. The van der Waals surface area contributed by atoms with E-state index in [1.165, 1.54) is 0 Å². The lowest BCUT2D eigenvalue weighted by Crippen LogP contribution is -2.08. The highest BCUT2D eigenvalue weighted by Crippen LogP contribution is 2.24. The SMILES string of the molecule is C=CC(C)(C)C(C)=C=S. The molecule has 0 bridgehead atoms. The van der Waals surface area contributed by atoms with E-state index in [2.05, 4.69) is 37.7 Å². The molecule has 0 saturated heterocycles. The molecule has 0 aliphatic rings. The van der Waals surface area contributed by atoms with Crippen molar-refractivity contribution in [3.8, 4) is 0 Å². The van der Waals surface area contributed by atoms with Crippen molar-refractivity contribution in [3.05, 3.63) is 18.2 Å². The lowest BCUT2D eigenvalue weighted by atomic mass is 9.87. The largest absolute Gasteiger partial charge is 0.102 e. The second kappa shape index (κ2) is 2.95. The number of hydrogen-bond acceptors (Lipinski definition) is 1. The molecule has 0 aliphatic carbocycles. The normalized spacial score (nSPS) is 10.1. The van der Waals surface area contributed by atoms with Gasteiger partial charge in [0.1, 0.15) is 0 Å². The fourth-order valence-corrected chi connectivity index (χ4v) is 0.548. The summed E-state index contributed by atoms with van der Waals surface area (Å²) in [6.45, 7) is 9.79. The average Bonchev–Trinajstić information content (AvgIpc) is 1.86. The smallest absolute Gasteiger partial charge is 0.0113 e. The van der Waals surface area contributed by atoms with Crippen LogP contribution in [0.1, 0.15) is 20.8 Å². The van der Waals surface area contributed by atoms with Crippen LogP contribution in [0.25, 0.3) is 0 Å². The molecule has 50 valence electrons. The highest BCUT2D eigenvalue weighted by molar-refractivity contribution is 7.78. The van der Waals surface area contributed by atoms with Crippen molar-refractivity contribution >= 4 is 17.2 Å². The molecule has 9 heavy (non-hydrogen) atoms. The van der Waals surface area contributed by atoms with Gasteiger partial charge in [0.2, 0.25) is 0 Å². The van der Waals surface area contributed by atoms with Crippen molar-refractivity contribution in [1.29, 1.82) is 0 Å². The summed E-state index contributed by atoms with van der Waals surface area (Å²) in [5.74, 6) is 0. The van der Waals surface area contributed by atoms with Crippen molar-refractivity contribution in [3.63, 3.8) is 0 Å². The minimum absolute atomic E-state index is 0.0156. The third-order valence-electron chi connectivity index (χ3n) is 1.63. The van der Waals surface area contributed by atoms with Crippen molar-refractivity contribution in [2.75, 3.05) is 0 Å². The Morgan fingerprint density at radius 2 is 2.11 bits per heavy atom. The Hall–Kier alpha value is -0.390. The first-order valence-electron chi connectivity index (χ1n) is 2.90.